The van der Waals surface area contributed by atoms with E-state index >= 15 is 0 Å². The fraction of sp³-hybridized carbons (Fsp3) is 0.231. The molecule has 0 fully saturated rings. The zero-order chi connectivity index (χ0) is 25.7. The lowest BCUT2D eigenvalue weighted by molar-refractivity contribution is -0.113. The molecule has 4 rings (SSSR count). The Bertz CT molecular complexity index is 1380. The average molecular weight is 540 g/mol. The molecule has 0 radical (unpaired) electrons. The maximum Gasteiger partial charge on any atom is 0.236 e. The Morgan fingerprint density at radius 1 is 1.25 bits per heavy atom. The Hall–Kier alpha value is -3.14. The minimum atomic E-state index is -0.403. The summed E-state index contributed by atoms with van der Waals surface area (Å²) in [5.74, 6) is 1.18. The van der Waals surface area contributed by atoms with Gasteiger partial charge >= 0.3 is 0 Å². The molecule has 36 heavy (non-hydrogen) atoms. The standard InChI is InChI=1S/C26H26ClN5O2S2/c1-5-12-32-24(18(4)34-22-9-7-6-8-20(22)27)30-31-26(32)36-15-23(33)29-25-28-21(14-35-25)19-11-10-16(2)17(3)13-19/h5-11,13-14,18H,1,12,15H2,2-4H3,(H,28,29,33). The smallest absolute Gasteiger partial charge is 0.236 e. The lowest BCUT2D eigenvalue weighted by atomic mass is 10.1. The van der Waals surface area contributed by atoms with Gasteiger partial charge in [0.1, 0.15) is 5.75 Å². The summed E-state index contributed by atoms with van der Waals surface area (Å²) < 4.78 is 7.89. The van der Waals surface area contributed by atoms with Crippen LogP contribution in [0.2, 0.25) is 5.02 Å². The molecule has 0 saturated heterocycles. The molecular formula is C26H26ClN5O2S2. The van der Waals surface area contributed by atoms with Gasteiger partial charge in [-0.2, -0.15) is 0 Å². The predicted octanol–water partition coefficient (Wildman–Crippen LogP) is 6.73. The number of hydrogen-bond donors (Lipinski definition) is 1. The SMILES string of the molecule is C=CCn1c(SCC(=O)Nc2nc(-c3ccc(C)c(C)c3)cs2)nnc1C(C)Oc1ccccc1Cl. The molecule has 2 aromatic heterocycles. The molecular weight excluding hydrogens is 514 g/mol. The molecule has 0 bridgehead atoms. The third-order valence-electron chi connectivity index (χ3n) is 5.45. The number of benzene rings is 2. The van der Waals surface area contributed by atoms with Crippen LogP contribution in [0.1, 0.15) is 30.0 Å². The molecule has 2 aromatic carbocycles. The first kappa shape index (κ1) is 25.9. The highest BCUT2D eigenvalue weighted by Crippen LogP contribution is 2.30. The van der Waals surface area contributed by atoms with E-state index in [1.54, 1.807) is 18.2 Å². The van der Waals surface area contributed by atoms with Crippen molar-refractivity contribution >= 4 is 45.7 Å². The number of allylic oxidation sites excluding steroid dienone is 1. The number of aromatic nitrogens is 4. The number of nitrogens with zero attached hydrogens (tertiary/aromatic N) is 4. The van der Waals surface area contributed by atoms with Crippen LogP contribution in [0.4, 0.5) is 5.13 Å². The van der Waals surface area contributed by atoms with Gasteiger partial charge in [0.15, 0.2) is 22.2 Å². The van der Waals surface area contributed by atoms with Crippen LogP contribution in [0.3, 0.4) is 0 Å². The van der Waals surface area contributed by atoms with E-state index in [0.29, 0.717) is 33.4 Å². The molecule has 1 atom stereocenters. The number of carbonyl (C=O) groups is 1. The van der Waals surface area contributed by atoms with E-state index in [9.17, 15) is 4.79 Å². The second-order valence-electron chi connectivity index (χ2n) is 8.10. The molecule has 0 spiro atoms. The third kappa shape index (κ3) is 6.16. The second-order valence-corrected chi connectivity index (χ2v) is 10.3. The van der Waals surface area contributed by atoms with Gasteiger partial charge in [-0.3, -0.25) is 9.36 Å². The topological polar surface area (TPSA) is 81.9 Å². The van der Waals surface area contributed by atoms with Crippen LogP contribution < -0.4 is 10.1 Å². The number of thioether (sulfide) groups is 1. The van der Waals surface area contributed by atoms with Crippen molar-refractivity contribution in [1.82, 2.24) is 19.7 Å². The van der Waals surface area contributed by atoms with Gasteiger partial charge in [0, 0.05) is 17.5 Å². The molecule has 0 aliphatic carbocycles. The zero-order valence-corrected chi connectivity index (χ0v) is 22.6. The Labute approximate surface area is 223 Å². The zero-order valence-electron chi connectivity index (χ0n) is 20.2. The van der Waals surface area contributed by atoms with E-state index in [1.807, 2.05) is 35.1 Å². The number of halogens is 1. The Balaban J connectivity index is 1.39. The van der Waals surface area contributed by atoms with Gasteiger partial charge in [-0.15, -0.1) is 28.1 Å². The number of rotatable bonds is 10. The lowest BCUT2D eigenvalue weighted by Gasteiger charge is -2.16. The minimum Gasteiger partial charge on any atom is -0.481 e. The average Bonchev–Trinajstić information content (AvgIpc) is 3.48. The molecule has 7 nitrogen and oxygen atoms in total. The first-order chi connectivity index (χ1) is 17.4. The van der Waals surface area contributed by atoms with Gasteiger partial charge in [-0.1, -0.05) is 53.7 Å². The summed E-state index contributed by atoms with van der Waals surface area (Å²) in [5.41, 5.74) is 4.31. The van der Waals surface area contributed by atoms with E-state index in [4.69, 9.17) is 16.3 Å². The molecule has 1 unspecified atom stereocenters. The molecule has 0 aliphatic rings. The van der Waals surface area contributed by atoms with Gasteiger partial charge in [-0.25, -0.2) is 4.98 Å². The highest BCUT2D eigenvalue weighted by atomic mass is 35.5. The summed E-state index contributed by atoms with van der Waals surface area (Å²) in [4.78, 5) is 17.2. The van der Waals surface area contributed by atoms with Crippen molar-refractivity contribution in [3.63, 3.8) is 0 Å². The fourth-order valence-electron chi connectivity index (χ4n) is 3.44. The molecule has 1 amide bonds. The number of thiazole rings is 1. The van der Waals surface area contributed by atoms with Gasteiger partial charge in [0.25, 0.3) is 0 Å². The van der Waals surface area contributed by atoms with Crippen LogP contribution in [0.25, 0.3) is 11.3 Å². The van der Waals surface area contributed by atoms with E-state index in [-0.39, 0.29) is 11.7 Å². The van der Waals surface area contributed by atoms with Gasteiger partial charge < -0.3 is 10.1 Å². The van der Waals surface area contributed by atoms with Crippen LogP contribution in [-0.2, 0) is 11.3 Å². The number of amides is 1. The molecule has 10 heteroatoms. The maximum absolute atomic E-state index is 12.6. The highest BCUT2D eigenvalue weighted by molar-refractivity contribution is 7.99. The third-order valence-corrected chi connectivity index (χ3v) is 7.48. The summed E-state index contributed by atoms with van der Waals surface area (Å²) in [7, 11) is 0. The number of hydrogen-bond acceptors (Lipinski definition) is 7. The molecule has 2 heterocycles. The number of nitrogens with one attached hydrogen (secondary N) is 1. The van der Waals surface area contributed by atoms with Gasteiger partial charge in [-0.05, 0) is 50.1 Å². The normalized spacial score (nSPS) is 11.8. The lowest BCUT2D eigenvalue weighted by Crippen LogP contribution is -2.15. The van der Waals surface area contributed by atoms with Crippen LogP contribution in [0.15, 0.2) is 65.7 Å². The van der Waals surface area contributed by atoms with Crippen molar-refractivity contribution in [2.45, 2.75) is 38.6 Å². The van der Waals surface area contributed by atoms with Crippen LogP contribution >= 0.6 is 34.7 Å². The first-order valence-corrected chi connectivity index (χ1v) is 13.5. The number of carbonyl (C=O) groups excluding carboxylic acids is 1. The Kier molecular flexibility index (Phi) is 8.45. The summed E-state index contributed by atoms with van der Waals surface area (Å²) in [6.07, 6.45) is 1.35. The Morgan fingerprint density at radius 2 is 2.06 bits per heavy atom. The first-order valence-electron chi connectivity index (χ1n) is 11.3. The summed E-state index contributed by atoms with van der Waals surface area (Å²) in [5, 5.41) is 15.1. The number of anilines is 1. The van der Waals surface area contributed by atoms with E-state index < -0.39 is 6.10 Å². The second kappa shape index (κ2) is 11.7. The highest BCUT2D eigenvalue weighted by Gasteiger charge is 2.20. The number of ether oxygens (including phenoxy) is 1. The molecule has 0 saturated carbocycles. The minimum absolute atomic E-state index is 0.160. The van der Waals surface area contributed by atoms with Crippen molar-refractivity contribution in [3.05, 3.63) is 82.5 Å². The van der Waals surface area contributed by atoms with Crippen molar-refractivity contribution < 1.29 is 9.53 Å². The van der Waals surface area contributed by atoms with E-state index in [2.05, 4.69) is 53.1 Å². The maximum atomic E-state index is 12.6. The monoisotopic (exact) mass is 539 g/mol. The van der Waals surface area contributed by atoms with Crippen molar-refractivity contribution in [2.75, 3.05) is 11.1 Å². The van der Waals surface area contributed by atoms with Crippen molar-refractivity contribution in [2.24, 2.45) is 0 Å². The summed E-state index contributed by atoms with van der Waals surface area (Å²) in [6, 6.07) is 13.5. The molecule has 1 N–H and O–H groups in total. The van der Waals surface area contributed by atoms with Crippen molar-refractivity contribution in [3.8, 4) is 17.0 Å². The van der Waals surface area contributed by atoms with Crippen LogP contribution in [0.5, 0.6) is 5.75 Å². The summed E-state index contributed by atoms with van der Waals surface area (Å²) >= 11 is 8.92. The van der Waals surface area contributed by atoms with Gasteiger partial charge in [0.05, 0.1) is 16.5 Å². The molecule has 186 valence electrons. The Morgan fingerprint density at radius 3 is 2.81 bits per heavy atom. The molecule has 0 aliphatic heterocycles. The molecule has 4 aromatic rings. The largest absolute Gasteiger partial charge is 0.481 e. The van der Waals surface area contributed by atoms with Gasteiger partial charge in [0.2, 0.25) is 5.91 Å². The van der Waals surface area contributed by atoms with E-state index in [0.717, 1.165) is 11.3 Å². The van der Waals surface area contributed by atoms with Crippen molar-refractivity contribution in [1.29, 1.82) is 0 Å². The van der Waals surface area contributed by atoms with Crippen LogP contribution in [-0.4, -0.2) is 31.4 Å². The quantitative estimate of drug-likeness (QED) is 0.178. The fourth-order valence-corrected chi connectivity index (χ4v) is 5.11. The van der Waals surface area contributed by atoms with E-state index in [1.165, 1.54) is 34.2 Å². The van der Waals surface area contributed by atoms with Crippen LogP contribution in [0, 0.1) is 13.8 Å². The number of para-hydroxylation sites is 1. The predicted molar refractivity (Wildman–Crippen MR) is 147 cm³/mol. The summed E-state index contributed by atoms with van der Waals surface area (Å²) in [6.45, 7) is 10.3. The number of aryl methyl sites for hydroxylation is 2.